The Morgan fingerprint density at radius 1 is 1.36 bits per heavy atom. The average Bonchev–Trinajstić information content (AvgIpc) is 2.55. The molecule has 1 fully saturated rings. The van der Waals surface area contributed by atoms with Crippen molar-refractivity contribution in [3.05, 3.63) is 12.3 Å². The number of piperidine rings is 1. The molecule has 130 valence electrons. The molecule has 0 bridgehead atoms. The van der Waals surface area contributed by atoms with Gasteiger partial charge in [-0.1, -0.05) is 19.9 Å². The minimum Gasteiger partial charge on any atom is -0.388 e. The van der Waals surface area contributed by atoms with E-state index in [0.29, 0.717) is 11.9 Å². The van der Waals surface area contributed by atoms with Crippen molar-refractivity contribution in [3.8, 4) is 0 Å². The van der Waals surface area contributed by atoms with Gasteiger partial charge in [0.25, 0.3) is 0 Å². The Hall–Kier alpha value is -1.23. The molecule has 1 saturated heterocycles. The zero-order valence-corrected chi connectivity index (χ0v) is 15.5. The number of nitrogens with one attached hydrogen (secondary N) is 2. The Kier molecular flexibility index (Phi) is 18.7. The SMILES string of the molecule is CC.CC(=O)N1CCC(NC=CCCCl)CC1.CN=CNC. The van der Waals surface area contributed by atoms with Crippen LogP contribution in [0.5, 0.6) is 0 Å². The van der Waals surface area contributed by atoms with Crippen LogP contribution in [0.25, 0.3) is 0 Å². The number of rotatable bonds is 5. The lowest BCUT2D eigenvalue weighted by molar-refractivity contribution is -0.129. The summed E-state index contributed by atoms with van der Waals surface area (Å²) >= 11 is 5.55. The van der Waals surface area contributed by atoms with Crippen molar-refractivity contribution in [2.24, 2.45) is 4.99 Å². The zero-order chi connectivity index (χ0) is 17.2. The molecular weight excluding hydrogens is 300 g/mol. The first-order valence-electron chi connectivity index (χ1n) is 7.96. The van der Waals surface area contributed by atoms with Crippen LogP contribution in [-0.2, 0) is 4.79 Å². The maximum absolute atomic E-state index is 11.1. The summed E-state index contributed by atoms with van der Waals surface area (Å²) in [5, 5.41) is 6.06. The van der Waals surface area contributed by atoms with Crippen molar-refractivity contribution in [2.75, 3.05) is 33.1 Å². The number of amides is 1. The zero-order valence-electron chi connectivity index (χ0n) is 14.7. The first-order valence-corrected chi connectivity index (χ1v) is 8.49. The van der Waals surface area contributed by atoms with Gasteiger partial charge in [-0.25, -0.2) is 0 Å². The molecule has 0 radical (unpaired) electrons. The Morgan fingerprint density at radius 3 is 2.32 bits per heavy atom. The lowest BCUT2D eigenvalue weighted by atomic mass is 10.1. The van der Waals surface area contributed by atoms with E-state index in [-0.39, 0.29) is 5.91 Å². The third-order valence-corrected chi connectivity index (χ3v) is 3.14. The van der Waals surface area contributed by atoms with E-state index in [0.717, 1.165) is 32.4 Å². The maximum Gasteiger partial charge on any atom is 0.219 e. The molecule has 0 aromatic rings. The van der Waals surface area contributed by atoms with Crippen molar-refractivity contribution in [3.63, 3.8) is 0 Å². The minimum absolute atomic E-state index is 0.186. The molecule has 1 rings (SSSR count). The Labute approximate surface area is 141 Å². The van der Waals surface area contributed by atoms with E-state index in [9.17, 15) is 4.79 Å². The fourth-order valence-corrected chi connectivity index (χ4v) is 1.97. The van der Waals surface area contributed by atoms with Crippen LogP contribution in [0.15, 0.2) is 17.3 Å². The van der Waals surface area contributed by atoms with Gasteiger partial charge in [-0.15, -0.1) is 11.6 Å². The van der Waals surface area contributed by atoms with Crippen LogP contribution >= 0.6 is 11.6 Å². The smallest absolute Gasteiger partial charge is 0.219 e. The number of carbonyl (C=O) groups is 1. The van der Waals surface area contributed by atoms with Gasteiger partial charge in [0.1, 0.15) is 0 Å². The molecule has 1 aliphatic rings. The fourth-order valence-electron chi connectivity index (χ4n) is 1.84. The lowest BCUT2D eigenvalue weighted by Crippen LogP contribution is -2.42. The van der Waals surface area contributed by atoms with Gasteiger partial charge < -0.3 is 15.5 Å². The molecule has 0 unspecified atom stereocenters. The number of aliphatic imine (C=N–C) groups is 1. The molecular formula is C16H33ClN4O. The van der Waals surface area contributed by atoms with E-state index < -0.39 is 0 Å². The summed E-state index contributed by atoms with van der Waals surface area (Å²) in [6, 6.07) is 0.507. The summed E-state index contributed by atoms with van der Waals surface area (Å²) in [6.45, 7) is 7.38. The van der Waals surface area contributed by atoms with Crippen LogP contribution in [0.3, 0.4) is 0 Å². The van der Waals surface area contributed by atoms with E-state index in [4.69, 9.17) is 11.6 Å². The number of likely N-dealkylation sites (tertiary alicyclic amines) is 1. The summed E-state index contributed by atoms with van der Waals surface area (Å²) in [4.78, 5) is 16.6. The highest BCUT2D eigenvalue weighted by atomic mass is 35.5. The Bertz CT molecular complexity index is 301. The Balaban J connectivity index is 0. The standard InChI is InChI=1S/C11H19ClN2O.C3H8N2.C2H6/c1-10(15)14-8-4-11(5-9-14)13-7-3-2-6-12;1-4-3-5-2;1-2/h3,7,11,13H,2,4-6,8-9H2,1H3;3H,1-2H3,(H,4,5);1-2H3. The van der Waals surface area contributed by atoms with Crippen molar-refractivity contribution >= 4 is 23.8 Å². The van der Waals surface area contributed by atoms with Crippen molar-refractivity contribution in [1.29, 1.82) is 0 Å². The third kappa shape index (κ3) is 13.7. The summed E-state index contributed by atoms with van der Waals surface area (Å²) in [6.07, 6.45) is 8.62. The van der Waals surface area contributed by atoms with E-state index in [1.165, 1.54) is 0 Å². The van der Waals surface area contributed by atoms with Crippen LogP contribution in [0.4, 0.5) is 0 Å². The van der Waals surface area contributed by atoms with Gasteiger partial charge in [0.05, 0.1) is 6.34 Å². The van der Waals surface area contributed by atoms with E-state index >= 15 is 0 Å². The molecule has 0 aliphatic carbocycles. The monoisotopic (exact) mass is 332 g/mol. The van der Waals surface area contributed by atoms with Gasteiger partial charge in [-0.3, -0.25) is 9.79 Å². The first kappa shape index (κ1) is 23.0. The number of allylic oxidation sites excluding steroid dienone is 1. The van der Waals surface area contributed by atoms with Gasteiger partial charge in [-0.05, 0) is 25.5 Å². The molecule has 1 heterocycles. The lowest BCUT2D eigenvalue weighted by Gasteiger charge is -2.31. The van der Waals surface area contributed by atoms with Crippen molar-refractivity contribution in [2.45, 2.75) is 46.1 Å². The Morgan fingerprint density at radius 2 is 1.95 bits per heavy atom. The molecule has 0 aromatic heterocycles. The van der Waals surface area contributed by atoms with Gasteiger partial charge in [0.2, 0.25) is 5.91 Å². The van der Waals surface area contributed by atoms with Crippen LogP contribution in [-0.4, -0.2) is 56.3 Å². The van der Waals surface area contributed by atoms with E-state index in [1.54, 1.807) is 20.3 Å². The van der Waals surface area contributed by atoms with Crippen molar-refractivity contribution in [1.82, 2.24) is 15.5 Å². The highest BCUT2D eigenvalue weighted by Gasteiger charge is 2.19. The predicted molar refractivity (Wildman–Crippen MR) is 97.7 cm³/mol. The quantitative estimate of drug-likeness (QED) is 0.462. The first-order chi connectivity index (χ1) is 10.7. The molecule has 0 spiro atoms. The van der Waals surface area contributed by atoms with Crippen LogP contribution in [0.2, 0.25) is 0 Å². The summed E-state index contributed by atoms with van der Waals surface area (Å²) < 4.78 is 0. The fraction of sp³-hybridized carbons (Fsp3) is 0.750. The number of hydrogen-bond donors (Lipinski definition) is 2. The van der Waals surface area contributed by atoms with Crippen LogP contribution < -0.4 is 10.6 Å². The van der Waals surface area contributed by atoms with Gasteiger partial charge in [0.15, 0.2) is 0 Å². The van der Waals surface area contributed by atoms with Crippen LogP contribution in [0.1, 0.15) is 40.0 Å². The van der Waals surface area contributed by atoms with Gasteiger partial charge in [0, 0.05) is 46.0 Å². The van der Waals surface area contributed by atoms with E-state index in [2.05, 4.69) is 15.6 Å². The maximum atomic E-state index is 11.1. The average molecular weight is 333 g/mol. The predicted octanol–water partition coefficient (Wildman–Crippen LogP) is 2.62. The normalized spacial score (nSPS) is 14.9. The molecule has 2 N–H and O–H groups in total. The van der Waals surface area contributed by atoms with Gasteiger partial charge in [-0.2, -0.15) is 0 Å². The summed E-state index contributed by atoms with van der Waals surface area (Å²) in [7, 11) is 3.53. The molecule has 1 amide bonds. The number of halogens is 1. The molecule has 6 heteroatoms. The number of alkyl halides is 1. The summed E-state index contributed by atoms with van der Waals surface area (Å²) in [5.41, 5.74) is 0. The van der Waals surface area contributed by atoms with E-state index in [1.807, 2.05) is 38.1 Å². The van der Waals surface area contributed by atoms with Crippen molar-refractivity contribution < 1.29 is 4.79 Å². The topological polar surface area (TPSA) is 56.7 Å². The highest BCUT2D eigenvalue weighted by molar-refractivity contribution is 6.17. The minimum atomic E-state index is 0.186. The van der Waals surface area contributed by atoms with Gasteiger partial charge >= 0.3 is 0 Å². The molecule has 22 heavy (non-hydrogen) atoms. The number of carbonyl (C=O) groups excluding carboxylic acids is 1. The second-order valence-corrected chi connectivity index (χ2v) is 4.88. The molecule has 0 aromatic carbocycles. The molecule has 1 aliphatic heterocycles. The largest absolute Gasteiger partial charge is 0.388 e. The van der Waals surface area contributed by atoms with Crippen LogP contribution in [0, 0.1) is 0 Å². The number of nitrogens with zero attached hydrogens (tertiary/aromatic N) is 2. The second kappa shape index (κ2) is 17.8. The second-order valence-electron chi connectivity index (χ2n) is 4.50. The molecule has 0 atom stereocenters. The molecule has 5 nitrogen and oxygen atoms in total. The number of hydrogen-bond acceptors (Lipinski definition) is 3. The highest BCUT2D eigenvalue weighted by Crippen LogP contribution is 2.10. The summed E-state index contributed by atoms with van der Waals surface area (Å²) in [5.74, 6) is 0.854. The molecule has 0 saturated carbocycles. The third-order valence-electron chi connectivity index (χ3n) is 2.92.